The van der Waals surface area contributed by atoms with Crippen LogP contribution in [0.4, 0.5) is 15.3 Å². The predicted molar refractivity (Wildman–Crippen MR) is 115 cm³/mol. The molecule has 0 atom stereocenters. The van der Waals surface area contributed by atoms with Gasteiger partial charge in [0, 0.05) is 24.4 Å². The standard InChI is InChI=1S/C21H22FN5OS/c22-16-5-6-17-18(11-16)29-21(25-17)26-19(28)7-4-14-10-15(20(23)24-12-14)13-27-8-2-1-3-9-27/h4-7,10-12H,1-3,8-9,13H2,(H2,23,24)(H,25,26,28)/b7-4+. The lowest BCUT2D eigenvalue weighted by Gasteiger charge is -2.26. The van der Waals surface area contributed by atoms with Gasteiger partial charge >= 0.3 is 0 Å². The number of nitrogens with zero attached hydrogens (tertiary/aromatic N) is 3. The van der Waals surface area contributed by atoms with Crippen LogP contribution in [-0.4, -0.2) is 33.9 Å². The van der Waals surface area contributed by atoms with Crippen molar-refractivity contribution in [2.75, 3.05) is 24.1 Å². The maximum Gasteiger partial charge on any atom is 0.250 e. The smallest absolute Gasteiger partial charge is 0.250 e. The van der Waals surface area contributed by atoms with Crippen molar-refractivity contribution >= 4 is 44.5 Å². The molecule has 1 aliphatic rings. The normalized spacial score (nSPS) is 15.2. The number of nitrogens with one attached hydrogen (secondary N) is 1. The van der Waals surface area contributed by atoms with Gasteiger partial charge in [0.15, 0.2) is 5.13 Å². The summed E-state index contributed by atoms with van der Waals surface area (Å²) in [6, 6.07) is 6.32. The molecule has 150 valence electrons. The van der Waals surface area contributed by atoms with Crippen LogP contribution < -0.4 is 11.1 Å². The number of likely N-dealkylation sites (tertiary alicyclic amines) is 1. The molecular weight excluding hydrogens is 389 g/mol. The fourth-order valence-electron chi connectivity index (χ4n) is 3.39. The van der Waals surface area contributed by atoms with E-state index in [2.05, 4.69) is 20.2 Å². The number of amides is 1. The van der Waals surface area contributed by atoms with Gasteiger partial charge in [-0.15, -0.1) is 0 Å². The molecule has 8 heteroatoms. The van der Waals surface area contributed by atoms with Crippen molar-refractivity contribution in [2.24, 2.45) is 0 Å². The molecule has 29 heavy (non-hydrogen) atoms. The van der Waals surface area contributed by atoms with E-state index in [-0.39, 0.29) is 11.7 Å². The van der Waals surface area contributed by atoms with Crippen molar-refractivity contribution in [3.63, 3.8) is 0 Å². The molecule has 0 radical (unpaired) electrons. The number of aromatic nitrogens is 2. The van der Waals surface area contributed by atoms with Crippen LogP contribution >= 0.6 is 11.3 Å². The van der Waals surface area contributed by atoms with Gasteiger partial charge in [-0.2, -0.15) is 0 Å². The molecule has 1 aromatic carbocycles. The number of nitrogen functional groups attached to an aromatic ring is 1. The number of rotatable bonds is 5. The van der Waals surface area contributed by atoms with Crippen molar-refractivity contribution in [1.82, 2.24) is 14.9 Å². The van der Waals surface area contributed by atoms with E-state index in [1.165, 1.54) is 48.8 Å². The first-order valence-corrected chi connectivity index (χ1v) is 10.4. The number of halogens is 1. The first kappa shape index (κ1) is 19.5. The summed E-state index contributed by atoms with van der Waals surface area (Å²) in [6.07, 6.45) is 8.50. The van der Waals surface area contributed by atoms with Gasteiger partial charge in [0.1, 0.15) is 11.6 Å². The van der Waals surface area contributed by atoms with Crippen LogP contribution in [0.3, 0.4) is 0 Å². The molecule has 3 heterocycles. The molecule has 1 aliphatic heterocycles. The third-order valence-corrected chi connectivity index (χ3v) is 5.81. The number of pyridine rings is 1. The number of carbonyl (C=O) groups excluding carboxylic acids is 1. The molecule has 4 rings (SSSR count). The molecule has 0 bridgehead atoms. The Morgan fingerprint density at radius 1 is 1.28 bits per heavy atom. The Morgan fingerprint density at radius 2 is 2.10 bits per heavy atom. The summed E-state index contributed by atoms with van der Waals surface area (Å²) in [6.45, 7) is 2.93. The number of hydrogen-bond acceptors (Lipinski definition) is 6. The van der Waals surface area contributed by atoms with E-state index in [0.29, 0.717) is 21.2 Å². The molecular formula is C21H22FN5OS. The molecule has 1 amide bonds. The summed E-state index contributed by atoms with van der Waals surface area (Å²) >= 11 is 1.23. The van der Waals surface area contributed by atoms with E-state index in [0.717, 1.165) is 30.8 Å². The predicted octanol–water partition coefficient (Wildman–Crippen LogP) is 4.05. The number of hydrogen-bond donors (Lipinski definition) is 2. The molecule has 1 saturated heterocycles. The number of anilines is 2. The van der Waals surface area contributed by atoms with Crippen LogP contribution in [0.5, 0.6) is 0 Å². The highest BCUT2D eigenvalue weighted by molar-refractivity contribution is 7.22. The Balaban J connectivity index is 1.42. The van der Waals surface area contributed by atoms with Crippen molar-refractivity contribution in [3.8, 4) is 0 Å². The van der Waals surface area contributed by atoms with Crippen LogP contribution in [0.25, 0.3) is 16.3 Å². The molecule has 3 N–H and O–H groups in total. The lowest BCUT2D eigenvalue weighted by molar-refractivity contribution is -0.111. The Morgan fingerprint density at radius 3 is 2.93 bits per heavy atom. The third kappa shape index (κ3) is 4.96. The van der Waals surface area contributed by atoms with Crippen molar-refractivity contribution < 1.29 is 9.18 Å². The van der Waals surface area contributed by atoms with E-state index in [9.17, 15) is 9.18 Å². The van der Waals surface area contributed by atoms with Gasteiger partial charge in [-0.05, 0) is 61.8 Å². The van der Waals surface area contributed by atoms with E-state index < -0.39 is 0 Å². The second-order valence-electron chi connectivity index (χ2n) is 7.10. The van der Waals surface area contributed by atoms with Gasteiger partial charge < -0.3 is 5.73 Å². The fraction of sp³-hybridized carbons (Fsp3) is 0.286. The zero-order chi connectivity index (χ0) is 20.2. The highest BCUT2D eigenvalue weighted by Crippen LogP contribution is 2.26. The Kier molecular flexibility index (Phi) is 5.82. The minimum absolute atomic E-state index is 0.307. The van der Waals surface area contributed by atoms with Gasteiger partial charge in [0.05, 0.1) is 10.2 Å². The average Bonchev–Trinajstić information content (AvgIpc) is 3.10. The molecule has 2 aromatic heterocycles. The number of fused-ring (bicyclic) bond motifs is 1. The second kappa shape index (κ2) is 8.67. The van der Waals surface area contributed by atoms with Gasteiger partial charge in [-0.25, -0.2) is 14.4 Å². The number of benzene rings is 1. The summed E-state index contributed by atoms with van der Waals surface area (Å²) in [4.78, 5) is 23.2. The molecule has 1 fully saturated rings. The van der Waals surface area contributed by atoms with Gasteiger partial charge in [-0.1, -0.05) is 17.8 Å². The quantitative estimate of drug-likeness (QED) is 0.619. The van der Waals surface area contributed by atoms with Crippen LogP contribution in [0.1, 0.15) is 30.4 Å². The molecule has 0 saturated carbocycles. The summed E-state index contributed by atoms with van der Waals surface area (Å²) < 4.78 is 14.0. The van der Waals surface area contributed by atoms with Crippen LogP contribution in [0.15, 0.2) is 36.5 Å². The lowest BCUT2D eigenvalue weighted by atomic mass is 10.1. The Bertz CT molecular complexity index is 1060. The number of thiazole rings is 1. The maximum absolute atomic E-state index is 13.3. The summed E-state index contributed by atoms with van der Waals surface area (Å²) in [5, 5.41) is 3.15. The van der Waals surface area contributed by atoms with Crippen LogP contribution in [0, 0.1) is 5.82 Å². The fourth-order valence-corrected chi connectivity index (χ4v) is 4.28. The molecule has 3 aromatic rings. The van der Waals surface area contributed by atoms with Crippen LogP contribution in [-0.2, 0) is 11.3 Å². The second-order valence-corrected chi connectivity index (χ2v) is 8.13. The van der Waals surface area contributed by atoms with Crippen molar-refractivity contribution in [2.45, 2.75) is 25.8 Å². The van der Waals surface area contributed by atoms with Crippen molar-refractivity contribution in [3.05, 3.63) is 53.5 Å². The minimum atomic E-state index is -0.324. The molecule has 0 unspecified atom stereocenters. The topological polar surface area (TPSA) is 84.1 Å². The van der Waals surface area contributed by atoms with E-state index >= 15 is 0 Å². The van der Waals surface area contributed by atoms with Crippen LogP contribution in [0.2, 0.25) is 0 Å². The van der Waals surface area contributed by atoms with E-state index in [1.807, 2.05) is 6.07 Å². The van der Waals surface area contributed by atoms with E-state index in [1.54, 1.807) is 18.3 Å². The lowest BCUT2D eigenvalue weighted by Crippen LogP contribution is -2.29. The maximum atomic E-state index is 13.3. The first-order valence-electron chi connectivity index (χ1n) is 9.59. The SMILES string of the molecule is Nc1ncc(/C=C/C(=O)Nc2nc3ccc(F)cc3s2)cc1CN1CCCCC1. The van der Waals surface area contributed by atoms with Gasteiger partial charge in [0.2, 0.25) is 5.91 Å². The molecule has 0 aliphatic carbocycles. The molecule has 0 spiro atoms. The summed E-state index contributed by atoms with van der Waals surface area (Å²) in [5.41, 5.74) is 8.48. The number of nitrogens with two attached hydrogens (primary N) is 1. The number of piperidine rings is 1. The first-order chi connectivity index (χ1) is 14.1. The highest BCUT2D eigenvalue weighted by atomic mass is 32.1. The zero-order valence-electron chi connectivity index (χ0n) is 15.9. The Hall–Kier alpha value is -2.84. The summed E-state index contributed by atoms with van der Waals surface area (Å²) in [7, 11) is 0. The van der Waals surface area contributed by atoms with Gasteiger partial charge in [-0.3, -0.25) is 15.0 Å². The zero-order valence-corrected chi connectivity index (χ0v) is 16.7. The highest BCUT2D eigenvalue weighted by Gasteiger charge is 2.13. The largest absolute Gasteiger partial charge is 0.383 e. The van der Waals surface area contributed by atoms with Gasteiger partial charge in [0.25, 0.3) is 0 Å². The minimum Gasteiger partial charge on any atom is -0.383 e. The number of carbonyl (C=O) groups is 1. The van der Waals surface area contributed by atoms with E-state index in [4.69, 9.17) is 5.73 Å². The average molecular weight is 412 g/mol. The van der Waals surface area contributed by atoms with Crippen molar-refractivity contribution in [1.29, 1.82) is 0 Å². The monoisotopic (exact) mass is 411 g/mol. The summed E-state index contributed by atoms with van der Waals surface area (Å²) in [5.74, 6) is -0.104. The molecule has 6 nitrogen and oxygen atoms in total. The third-order valence-electron chi connectivity index (χ3n) is 4.87. The Labute approximate surface area is 172 Å².